The lowest BCUT2D eigenvalue weighted by Crippen LogP contribution is -2.38. The molecule has 0 bridgehead atoms. The van der Waals surface area contributed by atoms with Gasteiger partial charge in [-0.25, -0.2) is 0 Å². The van der Waals surface area contributed by atoms with Crippen molar-refractivity contribution in [2.24, 2.45) is 5.92 Å². The number of ketones is 1. The van der Waals surface area contributed by atoms with Crippen molar-refractivity contribution < 1.29 is 14.1 Å². The maximum atomic E-state index is 13.0. The summed E-state index contributed by atoms with van der Waals surface area (Å²) in [5.41, 5.74) is 1.58. The number of piperidine rings is 1. The predicted molar refractivity (Wildman–Crippen MR) is 105 cm³/mol. The van der Waals surface area contributed by atoms with E-state index in [2.05, 4.69) is 15.0 Å². The second-order valence-electron chi connectivity index (χ2n) is 7.02. The molecule has 1 aliphatic rings. The van der Waals surface area contributed by atoms with Crippen LogP contribution in [0.5, 0.6) is 5.75 Å². The number of hydrogen-bond donors (Lipinski definition) is 0. The summed E-state index contributed by atoms with van der Waals surface area (Å²) in [5, 5.41) is 4.08. The zero-order valence-corrected chi connectivity index (χ0v) is 15.9. The molecule has 0 unspecified atom stereocenters. The topological polar surface area (TPSA) is 68.5 Å². The molecule has 1 aromatic heterocycles. The van der Waals surface area contributed by atoms with E-state index in [0.717, 1.165) is 24.9 Å². The highest BCUT2D eigenvalue weighted by Crippen LogP contribution is 2.27. The number of benzene rings is 2. The Kier molecular flexibility index (Phi) is 5.48. The van der Waals surface area contributed by atoms with E-state index in [4.69, 9.17) is 9.26 Å². The molecule has 28 heavy (non-hydrogen) atoms. The maximum Gasteiger partial charge on any atom is 0.241 e. The highest BCUT2D eigenvalue weighted by atomic mass is 16.5. The number of Topliss-reactive ketones (excluding diaryl/α,β-unsaturated/α-hetero) is 1. The molecule has 0 aliphatic carbocycles. The van der Waals surface area contributed by atoms with Crippen molar-refractivity contribution in [1.29, 1.82) is 0 Å². The van der Waals surface area contributed by atoms with Gasteiger partial charge < -0.3 is 9.26 Å². The van der Waals surface area contributed by atoms with Crippen LogP contribution in [0.4, 0.5) is 0 Å². The molecule has 1 saturated heterocycles. The first kappa shape index (κ1) is 18.4. The summed E-state index contributed by atoms with van der Waals surface area (Å²) >= 11 is 0. The van der Waals surface area contributed by atoms with Crippen LogP contribution in [-0.2, 0) is 6.54 Å². The monoisotopic (exact) mass is 377 g/mol. The molecule has 6 heteroatoms. The molecule has 6 nitrogen and oxygen atoms in total. The fourth-order valence-corrected chi connectivity index (χ4v) is 3.70. The van der Waals surface area contributed by atoms with E-state index < -0.39 is 0 Å². The van der Waals surface area contributed by atoms with E-state index in [1.54, 1.807) is 7.11 Å². The molecule has 144 valence electrons. The van der Waals surface area contributed by atoms with Crippen LogP contribution < -0.4 is 4.74 Å². The van der Waals surface area contributed by atoms with Crippen molar-refractivity contribution in [1.82, 2.24) is 15.0 Å². The van der Waals surface area contributed by atoms with Crippen LogP contribution in [-0.4, -0.2) is 41.0 Å². The maximum absolute atomic E-state index is 13.0. The van der Waals surface area contributed by atoms with Gasteiger partial charge in [-0.15, -0.1) is 0 Å². The molecule has 2 heterocycles. The van der Waals surface area contributed by atoms with Gasteiger partial charge in [0, 0.05) is 18.0 Å². The molecule has 4 rings (SSSR count). The third-order valence-corrected chi connectivity index (χ3v) is 5.11. The molecule has 0 amide bonds. The Labute approximate surface area is 164 Å². The lowest BCUT2D eigenvalue weighted by atomic mass is 9.89. The molecule has 1 fully saturated rings. The first-order valence-electron chi connectivity index (χ1n) is 9.52. The Morgan fingerprint density at radius 1 is 1.18 bits per heavy atom. The number of carbonyl (C=O) groups is 1. The molecular formula is C22H23N3O3. The molecule has 0 radical (unpaired) electrons. The lowest BCUT2D eigenvalue weighted by molar-refractivity contribution is 0.0794. The Morgan fingerprint density at radius 2 is 1.96 bits per heavy atom. The molecule has 3 aromatic rings. The number of ether oxygens (including phenoxy) is 1. The van der Waals surface area contributed by atoms with Gasteiger partial charge in [0.25, 0.3) is 0 Å². The number of carbonyl (C=O) groups excluding carboxylic acids is 1. The van der Waals surface area contributed by atoms with E-state index >= 15 is 0 Å². The second kappa shape index (κ2) is 8.35. The zero-order valence-electron chi connectivity index (χ0n) is 15.9. The van der Waals surface area contributed by atoms with Crippen LogP contribution in [0.25, 0.3) is 11.4 Å². The Hall–Kier alpha value is -2.99. The predicted octanol–water partition coefficient (Wildman–Crippen LogP) is 3.84. The minimum absolute atomic E-state index is 0.0541. The summed E-state index contributed by atoms with van der Waals surface area (Å²) in [6.07, 6.45) is 1.84. The third kappa shape index (κ3) is 3.97. The summed E-state index contributed by atoms with van der Waals surface area (Å²) in [6.45, 7) is 2.15. The quantitative estimate of drug-likeness (QED) is 0.608. The van der Waals surface area contributed by atoms with Crippen LogP contribution in [0.1, 0.15) is 29.1 Å². The van der Waals surface area contributed by atoms with Gasteiger partial charge in [-0.1, -0.05) is 47.6 Å². The summed E-state index contributed by atoms with van der Waals surface area (Å²) < 4.78 is 10.8. The highest BCUT2D eigenvalue weighted by molar-refractivity contribution is 6.00. The van der Waals surface area contributed by atoms with E-state index in [1.165, 1.54) is 0 Å². The average Bonchev–Trinajstić information content (AvgIpc) is 3.22. The fourth-order valence-electron chi connectivity index (χ4n) is 3.70. The number of aromatic nitrogens is 2. The van der Waals surface area contributed by atoms with Gasteiger partial charge in [-0.3, -0.25) is 9.69 Å². The SMILES string of the molecule is COc1ccccc1C(=O)[C@@H]1CCCN(Cc2nc(-c3ccccc3)no2)C1. The van der Waals surface area contributed by atoms with Crippen molar-refractivity contribution in [2.75, 3.05) is 20.2 Å². The van der Waals surface area contributed by atoms with Gasteiger partial charge in [0.1, 0.15) is 5.75 Å². The lowest BCUT2D eigenvalue weighted by Gasteiger charge is -2.31. The summed E-state index contributed by atoms with van der Waals surface area (Å²) in [6, 6.07) is 17.2. The van der Waals surface area contributed by atoms with Crippen molar-refractivity contribution >= 4 is 5.78 Å². The van der Waals surface area contributed by atoms with Crippen molar-refractivity contribution in [3.05, 3.63) is 66.1 Å². The van der Waals surface area contributed by atoms with Crippen molar-refractivity contribution in [2.45, 2.75) is 19.4 Å². The van der Waals surface area contributed by atoms with Crippen LogP contribution in [0.2, 0.25) is 0 Å². The smallest absolute Gasteiger partial charge is 0.241 e. The van der Waals surface area contributed by atoms with E-state index in [-0.39, 0.29) is 11.7 Å². The van der Waals surface area contributed by atoms with E-state index in [0.29, 0.717) is 36.1 Å². The largest absolute Gasteiger partial charge is 0.496 e. The Balaban J connectivity index is 1.43. The summed E-state index contributed by atoms with van der Waals surface area (Å²) in [7, 11) is 1.60. The molecule has 0 N–H and O–H groups in total. The molecule has 1 aliphatic heterocycles. The summed E-state index contributed by atoms with van der Waals surface area (Å²) in [4.78, 5) is 19.7. The summed E-state index contributed by atoms with van der Waals surface area (Å²) in [5.74, 6) is 1.88. The average molecular weight is 377 g/mol. The van der Waals surface area contributed by atoms with Crippen LogP contribution in [0.15, 0.2) is 59.1 Å². The second-order valence-corrected chi connectivity index (χ2v) is 7.02. The highest BCUT2D eigenvalue weighted by Gasteiger charge is 2.29. The van der Waals surface area contributed by atoms with E-state index in [1.807, 2.05) is 54.6 Å². The van der Waals surface area contributed by atoms with Crippen molar-refractivity contribution in [3.8, 4) is 17.1 Å². The molecule has 2 aromatic carbocycles. The van der Waals surface area contributed by atoms with Crippen LogP contribution in [0, 0.1) is 5.92 Å². The van der Waals surface area contributed by atoms with Gasteiger partial charge in [-0.05, 0) is 31.5 Å². The molecular weight excluding hydrogens is 354 g/mol. The van der Waals surface area contributed by atoms with Crippen molar-refractivity contribution in [3.63, 3.8) is 0 Å². The standard InChI is InChI=1S/C22H23N3O3/c1-27-19-12-6-5-11-18(19)21(26)17-10-7-13-25(14-17)15-20-23-22(24-28-20)16-8-3-2-4-9-16/h2-6,8-9,11-12,17H,7,10,13-15H2,1H3/t17-/m1/s1. The number of nitrogens with zero attached hydrogens (tertiary/aromatic N) is 3. The Bertz CT molecular complexity index is 939. The number of hydrogen-bond acceptors (Lipinski definition) is 6. The Morgan fingerprint density at radius 3 is 2.79 bits per heavy atom. The number of likely N-dealkylation sites (tertiary alicyclic amines) is 1. The molecule has 0 saturated carbocycles. The molecule has 0 spiro atoms. The molecule has 1 atom stereocenters. The first-order chi connectivity index (χ1) is 13.7. The zero-order chi connectivity index (χ0) is 19.3. The van der Waals surface area contributed by atoms with Gasteiger partial charge in [0.15, 0.2) is 5.78 Å². The third-order valence-electron chi connectivity index (χ3n) is 5.11. The van der Waals surface area contributed by atoms with Crippen LogP contribution >= 0.6 is 0 Å². The minimum Gasteiger partial charge on any atom is -0.496 e. The number of methoxy groups -OCH3 is 1. The van der Waals surface area contributed by atoms with Gasteiger partial charge >= 0.3 is 0 Å². The van der Waals surface area contributed by atoms with Gasteiger partial charge in [0.2, 0.25) is 11.7 Å². The number of para-hydroxylation sites is 1. The van der Waals surface area contributed by atoms with E-state index in [9.17, 15) is 4.79 Å². The van der Waals surface area contributed by atoms with Gasteiger partial charge in [0.05, 0.1) is 19.2 Å². The normalized spacial score (nSPS) is 17.4. The first-order valence-corrected chi connectivity index (χ1v) is 9.52. The van der Waals surface area contributed by atoms with Gasteiger partial charge in [-0.2, -0.15) is 4.98 Å². The van der Waals surface area contributed by atoms with Crippen LogP contribution in [0.3, 0.4) is 0 Å². The minimum atomic E-state index is -0.0541. The number of rotatable bonds is 6. The fraction of sp³-hybridized carbons (Fsp3) is 0.318.